The Morgan fingerprint density at radius 1 is 0.947 bits per heavy atom. The minimum atomic E-state index is -0.406. The number of para-hydroxylation sites is 2. The van der Waals surface area contributed by atoms with Gasteiger partial charge in [0.2, 0.25) is 0 Å². The minimum Gasteiger partial charge on any atom is -0.488 e. The van der Waals surface area contributed by atoms with Gasteiger partial charge in [0.1, 0.15) is 12.4 Å². The molecule has 6 nitrogen and oxygen atoms in total. The molecule has 0 amide bonds. The number of fused-ring (bicyclic) bond motifs is 3. The van der Waals surface area contributed by atoms with Crippen LogP contribution in [0.25, 0.3) is 0 Å². The number of anilines is 1. The summed E-state index contributed by atoms with van der Waals surface area (Å²) in [5, 5.41) is 14.6. The van der Waals surface area contributed by atoms with Gasteiger partial charge >= 0.3 is 0 Å². The van der Waals surface area contributed by atoms with Gasteiger partial charge in [0.05, 0.1) is 16.7 Å². The number of nitro groups is 1. The fraction of sp³-hybridized carbons (Fsp3) is 0.156. The van der Waals surface area contributed by atoms with Gasteiger partial charge in [-0.05, 0) is 71.5 Å². The molecular weight excluding hydrogens is 474 g/mol. The molecule has 1 heterocycles. The van der Waals surface area contributed by atoms with E-state index < -0.39 is 4.92 Å². The summed E-state index contributed by atoms with van der Waals surface area (Å²) in [5.41, 5.74) is 6.53. The lowest BCUT2D eigenvalue weighted by atomic mass is 9.77. The summed E-state index contributed by atoms with van der Waals surface area (Å²) < 4.78 is 6.00. The van der Waals surface area contributed by atoms with Gasteiger partial charge in [-0.25, -0.2) is 0 Å². The van der Waals surface area contributed by atoms with E-state index in [4.69, 9.17) is 9.73 Å². The topological polar surface area (TPSA) is 76.8 Å². The van der Waals surface area contributed by atoms with Crippen LogP contribution in [0.15, 0.2) is 114 Å². The molecule has 1 aliphatic carbocycles. The number of benzene rings is 4. The number of hydrogen-bond acceptors (Lipinski definition) is 5. The van der Waals surface area contributed by atoms with Gasteiger partial charge in [-0.1, -0.05) is 54.6 Å². The van der Waals surface area contributed by atoms with E-state index in [-0.39, 0.29) is 11.7 Å². The highest BCUT2D eigenvalue weighted by Crippen LogP contribution is 2.49. The molecule has 0 aromatic heterocycles. The molecule has 0 unspecified atom stereocenters. The van der Waals surface area contributed by atoms with Crippen LogP contribution in [0.1, 0.15) is 40.6 Å². The lowest BCUT2D eigenvalue weighted by Gasteiger charge is -2.37. The van der Waals surface area contributed by atoms with Gasteiger partial charge in [0, 0.05) is 35.5 Å². The van der Waals surface area contributed by atoms with Crippen molar-refractivity contribution in [1.82, 2.24) is 0 Å². The Balaban J connectivity index is 1.15. The number of ether oxygens (including phenoxy) is 1. The number of rotatable bonds is 7. The number of nitro benzene ring substituents is 1. The van der Waals surface area contributed by atoms with Crippen LogP contribution < -0.4 is 10.1 Å². The van der Waals surface area contributed by atoms with Crippen LogP contribution in [0.5, 0.6) is 5.75 Å². The standard InChI is InChI=1S/C32H27N3O3/c36-35(37)26-18-12-22(13-19-26)21-38-31-11-4-1-6-24(31)20-33-25-16-14-23(15-17-25)32-29-9-5-8-27(29)28-7-2-3-10-30(28)34-32/h1-8,10-20,27,29,32,34H,9,21H2/t27-,29+,32-/m0/s1. The van der Waals surface area contributed by atoms with E-state index in [0.29, 0.717) is 24.2 Å². The molecule has 0 fully saturated rings. The summed E-state index contributed by atoms with van der Waals surface area (Å²) in [6.45, 7) is 0.312. The number of nitrogens with one attached hydrogen (secondary N) is 1. The molecule has 6 heteroatoms. The highest BCUT2D eigenvalue weighted by Gasteiger charge is 2.37. The van der Waals surface area contributed by atoms with Gasteiger partial charge in [-0.2, -0.15) is 0 Å². The molecule has 38 heavy (non-hydrogen) atoms. The van der Waals surface area contributed by atoms with Crippen molar-refractivity contribution in [2.75, 3.05) is 5.32 Å². The smallest absolute Gasteiger partial charge is 0.269 e. The lowest BCUT2D eigenvalue weighted by Crippen LogP contribution is -2.28. The number of non-ortho nitro benzene ring substituents is 1. The summed E-state index contributed by atoms with van der Waals surface area (Å²) in [6.07, 6.45) is 7.56. The molecule has 0 radical (unpaired) electrons. The molecule has 188 valence electrons. The van der Waals surface area contributed by atoms with Gasteiger partial charge in [-0.15, -0.1) is 0 Å². The molecule has 1 N–H and O–H groups in total. The Labute approximate surface area is 221 Å². The van der Waals surface area contributed by atoms with E-state index >= 15 is 0 Å². The molecule has 4 aromatic carbocycles. The van der Waals surface area contributed by atoms with Crippen LogP contribution in [-0.2, 0) is 6.61 Å². The van der Waals surface area contributed by atoms with E-state index in [0.717, 1.165) is 23.2 Å². The quantitative estimate of drug-likeness (QED) is 0.122. The lowest BCUT2D eigenvalue weighted by molar-refractivity contribution is -0.384. The molecule has 4 aromatic rings. The maximum Gasteiger partial charge on any atom is 0.269 e. The molecule has 0 bridgehead atoms. The summed E-state index contributed by atoms with van der Waals surface area (Å²) in [6, 6.07) is 31.4. The Kier molecular flexibility index (Phi) is 6.44. The summed E-state index contributed by atoms with van der Waals surface area (Å²) >= 11 is 0. The first-order valence-electron chi connectivity index (χ1n) is 12.8. The van der Waals surface area contributed by atoms with Crippen LogP contribution in [0.3, 0.4) is 0 Å². The van der Waals surface area contributed by atoms with Crippen molar-refractivity contribution in [3.63, 3.8) is 0 Å². The van der Waals surface area contributed by atoms with Gasteiger partial charge < -0.3 is 10.1 Å². The fourth-order valence-corrected chi connectivity index (χ4v) is 5.38. The molecule has 0 saturated heterocycles. The van der Waals surface area contributed by atoms with E-state index in [1.165, 1.54) is 28.9 Å². The second-order valence-corrected chi connectivity index (χ2v) is 9.66. The Bertz CT molecular complexity index is 1510. The molecule has 0 saturated carbocycles. The first kappa shape index (κ1) is 23.7. The van der Waals surface area contributed by atoms with Gasteiger partial charge in [0.25, 0.3) is 5.69 Å². The predicted octanol–water partition coefficient (Wildman–Crippen LogP) is 7.75. The van der Waals surface area contributed by atoms with E-state index in [1.54, 1.807) is 12.1 Å². The Morgan fingerprint density at radius 2 is 1.71 bits per heavy atom. The zero-order valence-corrected chi connectivity index (χ0v) is 20.7. The van der Waals surface area contributed by atoms with Crippen molar-refractivity contribution < 1.29 is 9.66 Å². The highest BCUT2D eigenvalue weighted by atomic mass is 16.6. The molecule has 2 aliphatic rings. The molecule has 1 aliphatic heterocycles. The number of aliphatic imine (C=N–C) groups is 1. The Morgan fingerprint density at radius 3 is 2.53 bits per heavy atom. The van der Waals surface area contributed by atoms with Gasteiger partial charge in [-0.3, -0.25) is 15.1 Å². The zero-order chi connectivity index (χ0) is 25.9. The first-order chi connectivity index (χ1) is 18.7. The summed E-state index contributed by atoms with van der Waals surface area (Å²) in [7, 11) is 0. The summed E-state index contributed by atoms with van der Waals surface area (Å²) in [5.74, 6) is 1.67. The zero-order valence-electron chi connectivity index (χ0n) is 20.7. The van der Waals surface area contributed by atoms with E-state index in [9.17, 15) is 10.1 Å². The van der Waals surface area contributed by atoms with Crippen LogP contribution >= 0.6 is 0 Å². The third kappa shape index (κ3) is 4.81. The normalized spacial score (nSPS) is 19.5. The largest absolute Gasteiger partial charge is 0.488 e. The molecule has 6 rings (SSSR count). The van der Waals surface area contributed by atoms with Crippen molar-refractivity contribution >= 4 is 23.3 Å². The van der Waals surface area contributed by atoms with Crippen LogP contribution in [0.2, 0.25) is 0 Å². The molecule has 0 spiro atoms. The molecular formula is C32H27N3O3. The minimum absolute atomic E-state index is 0.0658. The maximum absolute atomic E-state index is 10.9. The van der Waals surface area contributed by atoms with E-state index in [2.05, 4.69) is 66.0 Å². The van der Waals surface area contributed by atoms with Crippen molar-refractivity contribution in [2.45, 2.75) is 25.0 Å². The third-order valence-electron chi connectivity index (χ3n) is 7.34. The average Bonchev–Trinajstić information content (AvgIpc) is 3.46. The first-order valence-corrected chi connectivity index (χ1v) is 12.8. The number of nitrogens with zero attached hydrogens (tertiary/aromatic N) is 2. The van der Waals surface area contributed by atoms with Crippen molar-refractivity contribution in [3.8, 4) is 5.75 Å². The molecule has 3 atom stereocenters. The van der Waals surface area contributed by atoms with Crippen LogP contribution in [0.4, 0.5) is 17.1 Å². The van der Waals surface area contributed by atoms with Crippen LogP contribution in [-0.4, -0.2) is 11.1 Å². The second kappa shape index (κ2) is 10.3. The SMILES string of the molecule is O=[N+]([O-])c1ccc(COc2ccccc2C=Nc2ccc([C@@H]3Nc4ccccc4[C@@H]4C=CC[C@H]43)cc2)cc1. The second-order valence-electron chi connectivity index (χ2n) is 9.66. The van der Waals surface area contributed by atoms with Gasteiger partial charge in [0.15, 0.2) is 0 Å². The number of allylic oxidation sites excluding steroid dienone is 2. The predicted molar refractivity (Wildman–Crippen MR) is 150 cm³/mol. The highest BCUT2D eigenvalue weighted by molar-refractivity contribution is 5.85. The number of hydrogen-bond donors (Lipinski definition) is 1. The third-order valence-corrected chi connectivity index (χ3v) is 7.34. The monoisotopic (exact) mass is 501 g/mol. The van der Waals surface area contributed by atoms with Crippen molar-refractivity contribution in [2.24, 2.45) is 10.9 Å². The average molecular weight is 502 g/mol. The van der Waals surface area contributed by atoms with E-state index in [1.807, 2.05) is 30.5 Å². The maximum atomic E-state index is 10.9. The summed E-state index contributed by atoms with van der Waals surface area (Å²) in [4.78, 5) is 15.2. The Hall–Kier alpha value is -4.71. The van der Waals surface area contributed by atoms with Crippen molar-refractivity contribution in [3.05, 3.63) is 142 Å². The fourth-order valence-electron chi connectivity index (χ4n) is 5.38. The van der Waals surface area contributed by atoms with Crippen LogP contribution in [0, 0.1) is 16.0 Å². The van der Waals surface area contributed by atoms with Crippen molar-refractivity contribution in [1.29, 1.82) is 0 Å².